The van der Waals surface area contributed by atoms with Gasteiger partial charge in [-0.3, -0.25) is 4.18 Å². The summed E-state index contributed by atoms with van der Waals surface area (Å²) in [6.45, 7) is 3.80. The second-order valence-electron chi connectivity index (χ2n) is 2.68. The Morgan fingerprint density at radius 3 is 2.33 bits per heavy atom. The van der Waals surface area contributed by atoms with E-state index in [-0.39, 0.29) is 0 Å². The third kappa shape index (κ3) is 6.57. The van der Waals surface area contributed by atoms with E-state index in [1.807, 2.05) is 6.92 Å². The minimum atomic E-state index is -4.52. The average Bonchev–Trinajstić information content (AvgIpc) is 1.95. The van der Waals surface area contributed by atoms with Gasteiger partial charge in [-0.1, -0.05) is 26.7 Å². The molecule has 1 atom stereocenters. The number of hydrogen-bond acceptors (Lipinski definition) is 4. The summed E-state index contributed by atoms with van der Waals surface area (Å²) in [4.78, 5) is 0. The topological polar surface area (TPSA) is 66.4 Å². The van der Waals surface area contributed by atoms with Gasteiger partial charge < -0.3 is 4.55 Å². The van der Waals surface area contributed by atoms with Crippen LogP contribution in [0.1, 0.15) is 39.5 Å². The van der Waals surface area contributed by atoms with Crippen molar-refractivity contribution in [3.05, 3.63) is 0 Å². The van der Waals surface area contributed by atoms with Crippen molar-refractivity contribution in [3.63, 3.8) is 0 Å². The molecule has 0 fully saturated rings. The van der Waals surface area contributed by atoms with Crippen LogP contribution < -0.4 is 0 Å². The minimum absolute atomic E-state index is 0.438. The summed E-state index contributed by atoms with van der Waals surface area (Å²) in [6, 6.07) is 0. The molecule has 0 spiro atoms. The molecule has 0 saturated carbocycles. The highest BCUT2D eigenvalue weighted by Gasteiger charge is 2.08. The predicted molar refractivity (Wildman–Crippen MR) is 44.4 cm³/mol. The van der Waals surface area contributed by atoms with Gasteiger partial charge >= 0.3 is 0 Å². The monoisotopic (exact) mass is 195 g/mol. The molecule has 74 valence electrons. The summed E-state index contributed by atoms with van der Waals surface area (Å²) in [6.07, 6.45) is 2.61. The normalized spacial score (nSPS) is 14.6. The first-order valence-corrected chi connectivity index (χ1v) is 5.47. The molecule has 12 heavy (non-hydrogen) atoms. The lowest BCUT2D eigenvalue weighted by molar-refractivity contribution is 0.163. The van der Waals surface area contributed by atoms with Crippen LogP contribution in [0.4, 0.5) is 0 Å². The molecule has 0 N–H and O–H groups in total. The Labute approximate surface area is 73.9 Å². The highest BCUT2D eigenvalue weighted by molar-refractivity contribution is 7.80. The molecule has 0 bridgehead atoms. The van der Waals surface area contributed by atoms with Gasteiger partial charge in [0.2, 0.25) is 10.4 Å². The summed E-state index contributed by atoms with van der Waals surface area (Å²) < 4.78 is 34.9. The second kappa shape index (κ2) is 5.50. The van der Waals surface area contributed by atoms with Crippen molar-refractivity contribution in [1.29, 1.82) is 0 Å². The Kier molecular flexibility index (Phi) is 5.44. The zero-order chi connectivity index (χ0) is 9.61. The van der Waals surface area contributed by atoms with Crippen molar-refractivity contribution in [2.75, 3.05) is 0 Å². The van der Waals surface area contributed by atoms with Crippen LogP contribution in [-0.4, -0.2) is 19.1 Å². The maximum Gasteiger partial charge on any atom is 0.217 e. The zero-order valence-corrected chi connectivity index (χ0v) is 8.26. The molecule has 0 rings (SSSR count). The predicted octanol–water partition coefficient (Wildman–Crippen LogP) is 1.43. The molecule has 0 saturated heterocycles. The molecule has 0 heterocycles. The van der Waals surface area contributed by atoms with E-state index in [0.717, 1.165) is 12.8 Å². The molecule has 0 radical (unpaired) electrons. The SMILES string of the molecule is CCCCC(CC)OS(=O)(=O)[O-]. The molecule has 1 unspecified atom stereocenters. The highest BCUT2D eigenvalue weighted by Crippen LogP contribution is 2.10. The van der Waals surface area contributed by atoms with Crippen molar-refractivity contribution in [1.82, 2.24) is 0 Å². The van der Waals surface area contributed by atoms with Gasteiger partial charge in [-0.2, -0.15) is 0 Å². The largest absolute Gasteiger partial charge is 0.726 e. The third-order valence-electron chi connectivity index (χ3n) is 1.59. The fourth-order valence-electron chi connectivity index (χ4n) is 0.919. The van der Waals surface area contributed by atoms with Gasteiger partial charge in [-0.05, 0) is 12.8 Å². The van der Waals surface area contributed by atoms with Crippen LogP contribution in [-0.2, 0) is 14.6 Å². The summed E-state index contributed by atoms with van der Waals surface area (Å²) in [5.41, 5.74) is 0. The van der Waals surface area contributed by atoms with Crippen LogP contribution in [0, 0.1) is 0 Å². The van der Waals surface area contributed by atoms with Crippen LogP contribution in [0.2, 0.25) is 0 Å². The smallest absolute Gasteiger partial charge is 0.217 e. The number of hydrogen-bond donors (Lipinski definition) is 0. The molecule has 0 aromatic heterocycles. The standard InChI is InChI=1S/C7H16O4S/c1-3-5-6-7(4-2)11-12(8,9)10/h7H,3-6H2,1-2H3,(H,8,9,10)/p-1. The molecular formula is C7H15O4S-. The molecule has 0 aromatic rings. The van der Waals surface area contributed by atoms with E-state index in [4.69, 9.17) is 0 Å². The molecule has 0 aromatic carbocycles. The first-order valence-electron chi connectivity index (χ1n) is 4.13. The number of rotatable bonds is 6. The van der Waals surface area contributed by atoms with Crippen molar-refractivity contribution in [3.8, 4) is 0 Å². The molecule has 0 aliphatic heterocycles. The lowest BCUT2D eigenvalue weighted by atomic mass is 10.1. The van der Waals surface area contributed by atoms with Crippen molar-refractivity contribution >= 4 is 10.4 Å². The Morgan fingerprint density at radius 1 is 1.42 bits per heavy atom. The Hall–Kier alpha value is -0.130. The summed E-state index contributed by atoms with van der Waals surface area (Å²) in [5.74, 6) is 0. The highest BCUT2D eigenvalue weighted by atomic mass is 32.3. The van der Waals surface area contributed by atoms with Crippen LogP contribution in [0.3, 0.4) is 0 Å². The molecule has 0 amide bonds. The van der Waals surface area contributed by atoms with E-state index in [9.17, 15) is 13.0 Å². The summed E-state index contributed by atoms with van der Waals surface area (Å²) in [5, 5.41) is 0. The lowest BCUT2D eigenvalue weighted by Crippen LogP contribution is -2.17. The quantitative estimate of drug-likeness (QED) is 0.475. The fourth-order valence-corrected chi connectivity index (χ4v) is 1.48. The van der Waals surface area contributed by atoms with E-state index < -0.39 is 16.5 Å². The van der Waals surface area contributed by atoms with E-state index in [1.54, 1.807) is 6.92 Å². The van der Waals surface area contributed by atoms with Crippen LogP contribution in [0.25, 0.3) is 0 Å². The van der Waals surface area contributed by atoms with Crippen molar-refractivity contribution in [2.24, 2.45) is 0 Å². The average molecular weight is 195 g/mol. The Morgan fingerprint density at radius 2 is 2.00 bits per heavy atom. The van der Waals surface area contributed by atoms with Crippen molar-refractivity contribution < 1.29 is 17.2 Å². The first-order chi connectivity index (χ1) is 5.49. The summed E-state index contributed by atoms with van der Waals surface area (Å²) >= 11 is 0. The van der Waals surface area contributed by atoms with Crippen molar-refractivity contribution in [2.45, 2.75) is 45.6 Å². The zero-order valence-electron chi connectivity index (χ0n) is 7.45. The van der Waals surface area contributed by atoms with Gasteiger partial charge in [0.25, 0.3) is 0 Å². The van der Waals surface area contributed by atoms with E-state index in [2.05, 4.69) is 4.18 Å². The Balaban J connectivity index is 3.83. The fraction of sp³-hybridized carbons (Fsp3) is 1.00. The van der Waals surface area contributed by atoms with Gasteiger partial charge in [0.1, 0.15) is 0 Å². The molecular weight excluding hydrogens is 180 g/mol. The molecule has 5 heteroatoms. The number of unbranched alkanes of at least 4 members (excludes halogenated alkanes) is 1. The van der Waals surface area contributed by atoms with Crippen LogP contribution in [0.5, 0.6) is 0 Å². The maximum absolute atomic E-state index is 10.2. The maximum atomic E-state index is 10.2. The van der Waals surface area contributed by atoms with Gasteiger partial charge in [0, 0.05) is 0 Å². The van der Waals surface area contributed by atoms with Gasteiger partial charge in [-0.15, -0.1) is 0 Å². The molecule has 0 aliphatic carbocycles. The Bertz CT molecular complexity index is 197. The van der Waals surface area contributed by atoms with E-state index in [1.165, 1.54) is 0 Å². The molecule has 4 nitrogen and oxygen atoms in total. The van der Waals surface area contributed by atoms with E-state index in [0.29, 0.717) is 12.8 Å². The first kappa shape index (κ1) is 11.9. The van der Waals surface area contributed by atoms with Crippen LogP contribution >= 0.6 is 0 Å². The van der Waals surface area contributed by atoms with E-state index >= 15 is 0 Å². The summed E-state index contributed by atoms with van der Waals surface area (Å²) in [7, 11) is -4.52. The molecule has 0 aliphatic rings. The van der Waals surface area contributed by atoms with Gasteiger partial charge in [0.15, 0.2) is 0 Å². The van der Waals surface area contributed by atoms with Gasteiger partial charge in [0.05, 0.1) is 6.10 Å². The van der Waals surface area contributed by atoms with Crippen LogP contribution in [0.15, 0.2) is 0 Å². The van der Waals surface area contributed by atoms with Gasteiger partial charge in [-0.25, -0.2) is 8.42 Å². The lowest BCUT2D eigenvalue weighted by Gasteiger charge is -2.16. The third-order valence-corrected chi connectivity index (χ3v) is 2.10. The second-order valence-corrected chi connectivity index (χ2v) is 3.69. The minimum Gasteiger partial charge on any atom is -0.726 e.